The number of rotatable bonds is 4. The van der Waals surface area contributed by atoms with Gasteiger partial charge >= 0.3 is 11.9 Å². The van der Waals surface area contributed by atoms with Gasteiger partial charge < -0.3 is 9.84 Å². The van der Waals surface area contributed by atoms with Crippen LogP contribution in [0, 0.1) is 0 Å². The summed E-state index contributed by atoms with van der Waals surface area (Å²) < 4.78 is 4.06. The molecule has 3 atom stereocenters. The maximum absolute atomic E-state index is 12.7. The van der Waals surface area contributed by atoms with Gasteiger partial charge in [-0.15, -0.1) is 11.8 Å². The number of carbonyl (C=O) groups is 4. The summed E-state index contributed by atoms with van der Waals surface area (Å²) in [6, 6.07) is 4.08. The van der Waals surface area contributed by atoms with Crippen LogP contribution in [-0.2, 0) is 14.3 Å². The number of amides is 2. The molecule has 1 aromatic rings. The van der Waals surface area contributed by atoms with Gasteiger partial charge in [-0.25, -0.2) is 4.79 Å². The van der Waals surface area contributed by atoms with Gasteiger partial charge in [0.25, 0.3) is 11.8 Å². The summed E-state index contributed by atoms with van der Waals surface area (Å²) in [5.41, 5.74) is 0.423. The van der Waals surface area contributed by atoms with Gasteiger partial charge in [-0.2, -0.15) is 0 Å². The van der Waals surface area contributed by atoms with E-state index in [4.69, 9.17) is 4.74 Å². The Balaban J connectivity index is 1.99. The van der Waals surface area contributed by atoms with Gasteiger partial charge in [0.15, 0.2) is 6.04 Å². The second kappa shape index (κ2) is 6.40. The first-order chi connectivity index (χ1) is 12.2. The zero-order valence-electron chi connectivity index (χ0n) is 14.4. The van der Waals surface area contributed by atoms with E-state index in [1.54, 1.807) is 26.0 Å². The molecule has 2 aliphatic heterocycles. The number of hydrogen-bond donors (Lipinski definition) is 2. The average molecular weight is 378 g/mol. The molecule has 0 radical (unpaired) electrons. The minimum atomic E-state index is -1.28. The normalized spacial score (nSPS) is 25.1. The largest absolute Gasteiger partial charge is 0.480 e. The van der Waals surface area contributed by atoms with Crippen molar-refractivity contribution in [3.05, 3.63) is 35.4 Å². The number of ether oxygens (including phenoxy) is 1. The second-order valence-electron chi connectivity index (χ2n) is 6.57. The topological polar surface area (TPSA) is 113 Å². The van der Waals surface area contributed by atoms with Crippen LogP contribution in [0.25, 0.3) is 0 Å². The molecule has 1 saturated heterocycles. The van der Waals surface area contributed by atoms with Gasteiger partial charge in [-0.05, 0) is 26.0 Å². The van der Waals surface area contributed by atoms with E-state index in [-0.39, 0.29) is 11.1 Å². The highest BCUT2D eigenvalue weighted by atomic mass is 32.2. The lowest BCUT2D eigenvalue weighted by Gasteiger charge is -2.28. The fourth-order valence-corrected chi connectivity index (χ4v) is 4.79. The highest BCUT2D eigenvalue weighted by Crippen LogP contribution is 2.41. The minimum Gasteiger partial charge on any atom is -0.480 e. The van der Waals surface area contributed by atoms with Crippen LogP contribution in [0.3, 0.4) is 0 Å². The highest BCUT2D eigenvalue weighted by Gasteiger charge is 2.54. The van der Waals surface area contributed by atoms with E-state index in [1.165, 1.54) is 23.9 Å². The Hall–Kier alpha value is -2.39. The molecular weight excluding hydrogens is 360 g/mol. The number of esters is 1. The van der Waals surface area contributed by atoms with Crippen molar-refractivity contribution in [2.75, 3.05) is 7.11 Å². The molecule has 2 aliphatic rings. The zero-order chi connectivity index (χ0) is 19.2. The fourth-order valence-electron chi connectivity index (χ4n) is 3.26. The lowest BCUT2D eigenvalue weighted by molar-refractivity contribution is -0.146. The molecule has 2 N–H and O–H groups in total. The van der Waals surface area contributed by atoms with Crippen molar-refractivity contribution >= 4 is 35.5 Å². The number of aliphatic carboxylic acids is 1. The molecule has 0 bridgehead atoms. The molecule has 0 unspecified atom stereocenters. The van der Waals surface area contributed by atoms with Crippen molar-refractivity contribution in [3.63, 3.8) is 0 Å². The molecule has 26 heavy (non-hydrogen) atoms. The first-order valence-electron chi connectivity index (χ1n) is 7.90. The van der Waals surface area contributed by atoms with Gasteiger partial charge in [-0.1, -0.05) is 12.1 Å². The van der Waals surface area contributed by atoms with E-state index in [1.807, 2.05) is 0 Å². The summed E-state index contributed by atoms with van der Waals surface area (Å²) >= 11 is 1.19. The summed E-state index contributed by atoms with van der Waals surface area (Å²) in [5.74, 6) is -3.05. The molecular formula is C17H18N2O6S. The van der Waals surface area contributed by atoms with Crippen LogP contribution in [0.15, 0.2) is 24.3 Å². The molecule has 9 heteroatoms. The quantitative estimate of drug-likeness (QED) is 0.582. The molecule has 3 rings (SSSR count). The van der Waals surface area contributed by atoms with Crippen molar-refractivity contribution in [1.82, 2.24) is 10.2 Å². The molecule has 0 aromatic heterocycles. The Morgan fingerprint density at radius 2 is 1.77 bits per heavy atom. The lowest BCUT2D eigenvalue weighted by Crippen LogP contribution is -2.56. The first-order valence-corrected chi connectivity index (χ1v) is 8.78. The average Bonchev–Trinajstić information content (AvgIpc) is 3.04. The van der Waals surface area contributed by atoms with Gasteiger partial charge in [0.05, 0.1) is 23.6 Å². The Bertz CT molecular complexity index is 773. The number of benzene rings is 1. The third-order valence-electron chi connectivity index (χ3n) is 4.54. The SMILES string of the molecule is COC(=O)[C@H]([C@@H]1N[C@H](C(=O)O)C(C)(C)S1)N1C(=O)c2ccccc2C1=O. The summed E-state index contributed by atoms with van der Waals surface area (Å²) in [4.78, 5) is 50.3. The van der Waals surface area contributed by atoms with E-state index in [2.05, 4.69) is 5.32 Å². The summed E-state index contributed by atoms with van der Waals surface area (Å²) in [7, 11) is 1.16. The van der Waals surface area contributed by atoms with E-state index >= 15 is 0 Å². The minimum absolute atomic E-state index is 0.212. The lowest BCUT2D eigenvalue weighted by atomic mass is 10.0. The van der Waals surface area contributed by atoms with E-state index in [0.29, 0.717) is 0 Å². The van der Waals surface area contributed by atoms with Crippen molar-refractivity contribution < 1.29 is 29.0 Å². The van der Waals surface area contributed by atoms with E-state index < -0.39 is 46.0 Å². The number of carboxylic acid groups (broad SMARTS) is 1. The number of hydrogen-bond acceptors (Lipinski definition) is 7. The zero-order valence-corrected chi connectivity index (χ0v) is 15.2. The summed E-state index contributed by atoms with van der Waals surface area (Å²) in [6.45, 7) is 3.44. The first kappa shape index (κ1) is 18.4. The van der Waals surface area contributed by atoms with Gasteiger partial charge in [0.1, 0.15) is 6.04 Å². The molecule has 0 aliphatic carbocycles. The molecule has 0 saturated carbocycles. The standard InChI is InChI=1S/C17H18N2O6S/c1-17(2)11(15(22)23)18-12(26-17)10(16(24)25-3)19-13(20)8-6-4-5-7-9(8)14(19)21/h4-7,10-12,18H,1-3H3,(H,22,23)/t10-,11+,12+/m0/s1. The number of methoxy groups -OCH3 is 1. The molecule has 0 spiro atoms. The molecule has 138 valence electrons. The van der Waals surface area contributed by atoms with Crippen LogP contribution >= 0.6 is 11.8 Å². The number of carboxylic acids is 1. The molecule has 2 heterocycles. The van der Waals surface area contributed by atoms with E-state index in [0.717, 1.165) is 12.0 Å². The molecule has 8 nitrogen and oxygen atoms in total. The van der Waals surface area contributed by atoms with E-state index in [9.17, 15) is 24.3 Å². The maximum Gasteiger partial charge on any atom is 0.331 e. The Labute approximate surface area is 153 Å². The second-order valence-corrected chi connectivity index (χ2v) is 8.37. The van der Waals surface area contributed by atoms with Crippen LogP contribution in [0.4, 0.5) is 0 Å². The van der Waals surface area contributed by atoms with Gasteiger partial charge in [0.2, 0.25) is 0 Å². The molecule has 2 amide bonds. The van der Waals surface area contributed by atoms with Crippen LogP contribution in [0.1, 0.15) is 34.6 Å². The Morgan fingerprint density at radius 1 is 1.23 bits per heavy atom. The van der Waals surface area contributed by atoms with Gasteiger partial charge in [-0.3, -0.25) is 24.6 Å². The highest BCUT2D eigenvalue weighted by molar-refractivity contribution is 8.01. The maximum atomic E-state index is 12.7. The third kappa shape index (κ3) is 2.77. The number of thioether (sulfide) groups is 1. The van der Waals surface area contributed by atoms with Crippen molar-refractivity contribution in [1.29, 1.82) is 0 Å². The smallest absolute Gasteiger partial charge is 0.331 e. The van der Waals surface area contributed by atoms with Crippen molar-refractivity contribution in [2.45, 2.75) is 36.1 Å². The monoisotopic (exact) mass is 378 g/mol. The number of imide groups is 1. The summed E-state index contributed by atoms with van der Waals surface area (Å²) in [5, 5.41) is 11.5. The Kier molecular flexibility index (Phi) is 4.53. The third-order valence-corrected chi connectivity index (χ3v) is 6.03. The molecule has 1 aromatic carbocycles. The predicted octanol–water partition coefficient (Wildman–Crippen LogP) is 0.719. The van der Waals surface area contributed by atoms with Crippen LogP contribution in [0.5, 0.6) is 0 Å². The number of fused-ring (bicyclic) bond motifs is 1. The van der Waals surface area contributed by atoms with Gasteiger partial charge in [0, 0.05) is 4.75 Å². The molecule has 1 fully saturated rings. The van der Waals surface area contributed by atoms with Crippen molar-refractivity contribution in [2.24, 2.45) is 0 Å². The predicted molar refractivity (Wildman–Crippen MR) is 92.8 cm³/mol. The number of nitrogens with zero attached hydrogens (tertiary/aromatic N) is 1. The fraction of sp³-hybridized carbons (Fsp3) is 0.412. The van der Waals surface area contributed by atoms with Crippen LogP contribution < -0.4 is 5.32 Å². The summed E-state index contributed by atoms with van der Waals surface area (Å²) in [6.07, 6.45) is 0. The number of nitrogens with one attached hydrogen (secondary N) is 1. The van der Waals surface area contributed by atoms with Crippen LogP contribution in [-0.4, -0.2) is 63.1 Å². The van der Waals surface area contributed by atoms with Crippen molar-refractivity contribution in [3.8, 4) is 0 Å². The van der Waals surface area contributed by atoms with Crippen LogP contribution in [0.2, 0.25) is 0 Å². The Morgan fingerprint density at radius 3 is 2.19 bits per heavy atom. The number of carbonyl (C=O) groups excluding carboxylic acids is 3.